The molecule has 152 valence electrons. The number of carbonyl (C=O) groups excluding carboxylic acids is 2. The van der Waals surface area contributed by atoms with Crippen molar-refractivity contribution in [2.24, 2.45) is 0 Å². The molecule has 0 aromatic heterocycles. The number of hydrogen-bond donors (Lipinski definition) is 1. The number of hydrogen-bond acceptors (Lipinski definition) is 5. The summed E-state index contributed by atoms with van der Waals surface area (Å²) in [6.45, 7) is 0. The third kappa shape index (κ3) is 3.72. The second-order valence-electron chi connectivity index (χ2n) is 6.85. The molecule has 1 N–H and O–H groups in total. The average molecular weight is 403 g/mol. The van der Waals surface area contributed by atoms with Gasteiger partial charge in [-0.3, -0.25) is 4.79 Å². The highest BCUT2D eigenvalue weighted by molar-refractivity contribution is 5.99. The van der Waals surface area contributed by atoms with Gasteiger partial charge in [0.1, 0.15) is 11.7 Å². The molecular weight excluding hydrogens is 382 g/mol. The van der Waals surface area contributed by atoms with E-state index in [2.05, 4.69) is 5.32 Å². The Morgan fingerprint density at radius 2 is 1.63 bits per heavy atom. The number of esters is 1. The van der Waals surface area contributed by atoms with Crippen LogP contribution in [0.15, 0.2) is 66.7 Å². The van der Waals surface area contributed by atoms with Crippen molar-refractivity contribution in [3.63, 3.8) is 0 Å². The Hall–Kier alpha value is -3.80. The molecule has 1 amide bonds. The number of fused-ring (bicyclic) bond motifs is 1. The van der Waals surface area contributed by atoms with E-state index in [0.717, 1.165) is 11.1 Å². The third-order valence-corrected chi connectivity index (χ3v) is 5.02. The standard InChI is InChI=1S/C24H21NO5/c1-28-19-13-12-18-20(30-24(27)22(18)23(19)29-2)14-21(26)25-17-10-8-16(9-11-17)15-6-4-3-5-7-15/h3-13,20H,14H2,1-2H3,(H,25,26)/t20-/m1/s1. The molecule has 0 unspecified atom stereocenters. The van der Waals surface area contributed by atoms with Crippen molar-refractivity contribution in [1.82, 2.24) is 0 Å². The zero-order chi connectivity index (χ0) is 21.1. The fourth-order valence-electron chi connectivity index (χ4n) is 3.58. The molecule has 0 aliphatic carbocycles. The van der Waals surface area contributed by atoms with E-state index in [1.807, 2.05) is 54.6 Å². The van der Waals surface area contributed by atoms with E-state index in [9.17, 15) is 9.59 Å². The first kappa shape index (κ1) is 19.5. The van der Waals surface area contributed by atoms with E-state index >= 15 is 0 Å². The number of methoxy groups -OCH3 is 2. The predicted octanol–water partition coefficient (Wildman–Crippen LogP) is 4.61. The molecule has 3 aromatic carbocycles. The molecule has 4 rings (SSSR count). The molecule has 1 atom stereocenters. The average Bonchev–Trinajstić information content (AvgIpc) is 3.09. The van der Waals surface area contributed by atoms with Gasteiger partial charge in [0.25, 0.3) is 0 Å². The largest absolute Gasteiger partial charge is 0.493 e. The summed E-state index contributed by atoms with van der Waals surface area (Å²) in [7, 11) is 2.96. The van der Waals surface area contributed by atoms with Crippen LogP contribution in [0.4, 0.5) is 5.69 Å². The molecule has 0 bridgehead atoms. The summed E-state index contributed by atoms with van der Waals surface area (Å²) >= 11 is 0. The second kappa shape index (κ2) is 8.29. The van der Waals surface area contributed by atoms with Gasteiger partial charge in [0.2, 0.25) is 5.91 Å². The van der Waals surface area contributed by atoms with Crippen LogP contribution in [-0.4, -0.2) is 26.1 Å². The van der Waals surface area contributed by atoms with Gasteiger partial charge < -0.3 is 19.5 Å². The number of anilines is 1. The Morgan fingerprint density at radius 1 is 0.933 bits per heavy atom. The highest BCUT2D eigenvalue weighted by Crippen LogP contribution is 2.43. The van der Waals surface area contributed by atoms with E-state index < -0.39 is 12.1 Å². The lowest BCUT2D eigenvalue weighted by atomic mass is 10.0. The van der Waals surface area contributed by atoms with Crippen LogP contribution in [0.2, 0.25) is 0 Å². The van der Waals surface area contributed by atoms with E-state index in [-0.39, 0.29) is 12.3 Å². The highest BCUT2D eigenvalue weighted by atomic mass is 16.6. The molecule has 1 aliphatic heterocycles. The third-order valence-electron chi connectivity index (χ3n) is 5.02. The van der Waals surface area contributed by atoms with Crippen LogP contribution in [0.1, 0.15) is 28.4 Å². The SMILES string of the molecule is COc1ccc2c(c1OC)C(=O)O[C@@H]2CC(=O)Nc1ccc(-c2ccccc2)cc1. The van der Waals surface area contributed by atoms with Crippen LogP contribution in [0.3, 0.4) is 0 Å². The van der Waals surface area contributed by atoms with E-state index in [1.54, 1.807) is 12.1 Å². The lowest BCUT2D eigenvalue weighted by molar-refractivity contribution is -0.118. The van der Waals surface area contributed by atoms with Crippen molar-refractivity contribution in [1.29, 1.82) is 0 Å². The number of carbonyl (C=O) groups is 2. The molecule has 0 saturated carbocycles. The van der Waals surface area contributed by atoms with Gasteiger partial charge in [-0.15, -0.1) is 0 Å². The van der Waals surface area contributed by atoms with Gasteiger partial charge >= 0.3 is 5.97 Å². The van der Waals surface area contributed by atoms with E-state index in [1.165, 1.54) is 14.2 Å². The molecule has 6 heteroatoms. The first-order valence-corrected chi connectivity index (χ1v) is 9.52. The van der Waals surface area contributed by atoms with Crippen molar-refractivity contribution in [3.05, 3.63) is 77.9 Å². The van der Waals surface area contributed by atoms with Crippen LogP contribution in [0.5, 0.6) is 11.5 Å². The lowest BCUT2D eigenvalue weighted by Gasteiger charge is -2.13. The maximum Gasteiger partial charge on any atom is 0.343 e. The Morgan fingerprint density at radius 3 is 2.30 bits per heavy atom. The van der Waals surface area contributed by atoms with E-state index in [0.29, 0.717) is 28.3 Å². The predicted molar refractivity (Wildman–Crippen MR) is 113 cm³/mol. The minimum atomic E-state index is -0.670. The summed E-state index contributed by atoms with van der Waals surface area (Å²) in [5, 5.41) is 2.86. The smallest absolute Gasteiger partial charge is 0.343 e. The van der Waals surface area contributed by atoms with E-state index in [4.69, 9.17) is 14.2 Å². The monoisotopic (exact) mass is 403 g/mol. The van der Waals surface area contributed by atoms with Gasteiger partial charge in [-0.2, -0.15) is 0 Å². The molecule has 0 saturated heterocycles. The van der Waals surface area contributed by atoms with Gasteiger partial charge in [-0.1, -0.05) is 48.5 Å². The molecule has 1 aliphatic rings. The fourth-order valence-corrected chi connectivity index (χ4v) is 3.58. The number of ether oxygens (including phenoxy) is 3. The molecule has 0 spiro atoms. The molecule has 6 nitrogen and oxygen atoms in total. The summed E-state index contributed by atoms with van der Waals surface area (Å²) in [6.07, 6.45) is -0.662. The summed E-state index contributed by atoms with van der Waals surface area (Å²) in [6, 6.07) is 21.0. The van der Waals surface area contributed by atoms with Crippen LogP contribution in [-0.2, 0) is 9.53 Å². The van der Waals surface area contributed by atoms with Gasteiger partial charge in [-0.25, -0.2) is 4.79 Å². The Kier molecular flexibility index (Phi) is 5.39. The maximum atomic E-state index is 12.6. The molecule has 30 heavy (non-hydrogen) atoms. The zero-order valence-corrected chi connectivity index (χ0v) is 16.7. The highest BCUT2D eigenvalue weighted by Gasteiger charge is 2.36. The van der Waals surface area contributed by atoms with Crippen molar-refractivity contribution in [3.8, 4) is 22.6 Å². The minimum Gasteiger partial charge on any atom is -0.493 e. The topological polar surface area (TPSA) is 73.9 Å². The number of cyclic esters (lactones) is 1. The van der Waals surface area contributed by atoms with Crippen molar-refractivity contribution in [2.45, 2.75) is 12.5 Å². The normalized spacial score (nSPS) is 14.6. The summed E-state index contributed by atoms with van der Waals surface area (Å²) in [5.74, 6) is -0.00937. The first-order chi connectivity index (χ1) is 14.6. The molecule has 0 fully saturated rings. The molecule has 0 radical (unpaired) electrons. The molecular formula is C24H21NO5. The Labute approximate surface area is 174 Å². The van der Waals surface area contributed by atoms with Crippen LogP contribution in [0.25, 0.3) is 11.1 Å². The van der Waals surface area contributed by atoms with Crippen molar-refractivity contribution in [2.75, 3.05) is 19.5 Å². The Balaban J connectivity index is 1.46. The quantitative estimate of drug-likeness (QED) is 0.609. The van der Waals surface area contributed by atoms with Gasteiger partial charge in [0, 0.05) is 11.3 Å². The van der Waals surface area contributed by atoms with Gasteiger partial charge in [-0.05, 0) is 29.3 Å². The zero-order valence-electron chi connectivity index (χ0n) is 16.7. The number of nitrogens with one attached hydrogen (secondary N) is 1. The second-order valence-corrected chi connectivity index (χ2v) is 6.85. The summed E-state index contributed by atoms with van der Waals surface area (Å²) < 4.78 is 16.0. The van der Waals surface area contributed by atoms with Crippen LogP contribution < -0.4 is 14.8 Å². The van der Waals surface area contributed by atoms with Gasteiger partial charge in [0.15, 0.2) is 11.5 Å². The summed E-state index contributed by atoms with van der Waals surface area (Å²) in [4.78, 5) is 24.9. The first-order valence-electron chi connectivity index (χ1n) is 9.52. The number of amides is 1. The van der Waals surface area contributed by atoms with Crippen LogP contribution in [0, 0.1) is 0 Å². The molecule has 3 aromatic rings. The Bertz CT molecular complexity index is 1080. The number of rotatable bonds is 6. The summed E-state index contributed by atoms with van der Waals surface area (Å²) in [5.41, 5.74) is 3.77. The molecule has 1 heterocycles. The lowest BCUT2D eigenvalue weighted by Crippen LogP contribution is -2.15. The van der Waals surface area contributed by atoms with Crippen LogP contribution >= 0.6 is 0 Å². The minimum absolute atomic E-state index is 0.00859. The van der Waals surface area contributed by atoms with Gasteiger partial charge in [0.05, 0.1) is 20.6 Å². The fraction of sp³-hybridized carbons (Fsp3) is 0.167. The van der Waals surface area contributed by atoms with Crippen molar-refractivity contribution >= 4 is 17.6 Å². The van der Waals surface area contributed by atoms with Crippen molar-refractivity contribution < 1.29 is 23.8 Å². The number of benzene rings is 3. The maximum absolute atomic E-state index is 12.6.